The molecule has 136 valence electrons. The number of aryl methyl sites for hydroxylation is 1. The number of nitriles is 1. The maximum atomic E-state index is 12.4. The van der Waals surface area contributed by atoms with Crippen molar-refractivity contribution >= 4 is 21.8 Å². The number of carbonyl (C=O) groups excluding carboxylic acids is 1. The topological polar surface area (TPSA) is 85.8 Å². The smallest absolute Gasteiger partial charge is 0.266 e. The lowest BCUT2D eigenvalue weighted by molar-refractivity contribution is -0.121. The molecule has 2 N–H and O–H groups in total. The van der Waals surface area contributed by atoms with E-state index in [-0.39, 0.29) is 23.1 Å². The van der Waals surface area contributed by atoms with Crippen LogP contribution in [0.4, 0.5) is 0 Å². The van der Waals surface area contributed by atoms with Gasteiger partial charge in [-0.1, -0.05) is 35.0 Å². The van der Waals surface area contributed by atoms with Crippen LogP contribution in [0.25, 0.3) is 0 Å². The molecule has 0 spiro atoms. The Balaban J connectivity index is 2.08. The molecule has 1 amide bonds. The highest BCUT2D eigenvalue weighted by atomic mass is 79.9. The number of aromatic nitrogens is 1. The van der Waals surface area contributed by atoms with Gasteiger partial charge in [0.1, 0.15) is 11.6 Å². The first kappa shape index (κ1) is 19.9. The van der Waals surface area contributed by atoms with Crippen molar-refractivity contribution in [1.82, 2.24) is 10.3 Å². The second-order valence-corrected chi connectivity index (χ2v) is 7.17. The molecule has 1 heterocycles. The van der Waals surface area contributed by atoms with Crippen molar-refractivity contribution in [1.29, 1.82) is 5.26 Å². The van der Waals surface area contributed by atoms with Crippen molar-refractivity contribution < 1.29 is 4.79 Å². The van der Waals surface area contributed by atoms with Gasteiger partial charge in [-0.25, -0.2) is 0 Å². The Morgan fingerprint density at radius 2 is 1.96 bits per heavy atom. The molecular formula is C20H22BrN3O2. The van der Waals surface area contributed by atoms with Gasteiger partial charge < -0.3 is 10.3 Å². The molecule has 1 aromatic carbocycles. The van der Waals surface area contributed by atoms with E-state index in [1.807, 2.05) is 37.3 Å². The molecule has 1 aromatic heterocycles. The number of nitrogens with one attached hydrogen (secondary N) is 2. The minimum absolute atomic E-state index is 0.0388. The second kappa shape index (κ2) is 8.81. The number of hydrogen-bond acceptors (Lipinski definition) is 3. The van der Waals surface area contributed by atoms with Crippen molar-refractivity contribution in [3.63, 3.8) is 0 Å². The summed E-state index contributed by atoms with van der Waals surface area (Å²) in [6, 6.07) is 9.81. The number of halogens is 1. The summed E-state index contributed by atoms with van der Waals surface area (Å²) < 4.78 is 1.000. The Labute approximate surface area is 161 Å². The van der Waals surface area contributed by atoms with Crippen LogP contribution in [-0.2, 0) is 11.2 Å². The number of nitrogens with zero attached hydrogens (tertiary/aromatic N) is 1. The fraction of sp³-hybridized carbons (Fsp3) is 0.350. The average molecular weight is 416 g/mol. The van der Waals surface area contributed by atoms with Crippen LogP contribution in [0.2, 0.25) is 0 Å². The molecule has 0 aliphatic heterocycles. The fourth-order valence-electron chi connectivity index (χ4n) is 3.04. The van der Waals surface area contributed by atoms with E-state index < -0.39 is 0 Å². The van der Waals surface area contributed by atoms with E-state index in [0.717, 1.165) is 22.0 Å². The van der Waals surface area contributed by atoms with Crippen LogP contribution < -0.4 is 10.9 Å². The zero-order valence-corrected chi connectivity index (χ0v) is 16.7. The lowest BCUT2D eigenvalue weighted by Gasteiger charge is -2.18. The predicted octanol–water partition coefficient (Wildman–Crippen LogP) is 3.83. The monoisotopic (exact) mass is 415 g/mol. The Kier molecular flexibility index (Phi) is 6.76. The summed E-state index contributed by atoms with van der Waals surface area (Å²) in [6.45, 7) is 5.58. The van der Waals surface area contributed by atoms with Crippen LogP contribution in [0.3, 0.4) is 0 Å². The third-order valence-corrected chi connectivity index (χ3v) is 5.07. The zero-order valence-electron chi connectivity index (χ0n) is 15.1. The molecular weight excluding hydrogens is 394 g/mol. The molecule has 0 saturated carbocycles. The van der Waals surface area contributed by atoms with Gasteiger partial charge in [-0.3, -0.25) is 9.59 Å². The summed E-state index contributed by atoms with van der Waals surface area (Å²) in [4.78, 5) is 26.9. The molecule has 6 heteroatoms. The number of H-pyrrole nitrogens is 1. The van der Waals surface area contributed by atoms with Crippen LogP contribution >= 0.6 is 15.9 Å². The molecule has 0 aliphatic carbocycles. The fourth-order valence-corrected chi connectivity index (χ4v) is 3.31. The summed E-state index contributed by atoms with van der Waals surface area (Å²) in [5, 5.41) is 12.2. The van der Waals surface area contributed by atoms with E-state index in [0.29, 0.717) is 24.1 Å². The van der Waals surface area contributed by atoms with Gasteiger partial charge in [-0.15, -0.1) is 0 Å². The first-order chi connectivity index (χ1) is 12.4. The first-order valence-corrected chi connectivity index (χ1v) is 9.34. The lowest BCUT2D eigenvalue weighted by Crippen LogP contribution is -2.28. The van der Waals surface area contributed by atoms with Gasteiger partial charge in [0.25, 0.3) is 5.56 Å². The highest BCUT2D eigenvalue weighted by molar-refractivity contribution is 9.10. The average Bonchev–Trinajstić information content (AvgIpc) is 2.60. The maximum Gasteiger partial charge on any atom is 0.266 e. The summed E-state index contributed by atoms with van der Waals surface area (Å²) in [7, 11) is 0. The molecule has 1 unspecified atom stereocenters. The van der Waals surface area contributed by atoms with Crippen LogP contribution in [0.1, 0.15) is 53.8 Å². The minimum atomic E-state index is -0.378. The highest BCUT2D eigenvalue weighted by Crippen LogP contribution is 2.20. The number of benzene rings is 1. The molecule has 0 fully saturated rings. The Bertz CT molecular complexity index is 895. The first-order valence-electron chi connectivity index (χ1n) is 8.54. The van der Waals surface area contributed by atoms with Gasteiger partial charge in [0.05, 0.1) is 6.04 Å². The molecule has 0 saturated heterocycles. The molecule has 5 nitrogen and oxygen atoms in total. The Hall–Kier alpha value is -2.39. The van der Waals surface area contributed by atoms with Crippen molar-refractivity contribution in [2.24, 2.45) is 0 Å². The highest BCUT2D eigenvalue weighted by Gasteiger charge is 2.16. The molecule has 2 rings (SSSR count). The van der Waals surface area contributed by atoms with E-state index in [9.17, 15) is 9.59 Å². The molecule has 26 heavy (non-hydrogen) atoms. The van der Waals surface area contributed by atoms with Crippen molar-refractivity contribution in [3.8, 4) is 6.07 Å². The maximum absolute atomic E-state index is 12.4. The lowest BCUT2D eigenvalue weighted by atomic mass is 9.98. The van der Waals surface area contributed by atoms with E-state index in [1.54, 1.807) is 13.8 Å². The van der Waals surface area contributed by atoms with Gasteiger partial charge in [-0.2, -0.15) is 5.26 Å². The number of aromatic amines is 1. The molecule has 1 atom stereocenters. The quantitative estimate of drug-likeness (QED) is 0.751. The summed E-state index contributed by atoms with van der Waals surface area (Å²) in [5.41, 5.74) is 3.02. The summed E-state index contributed by atoms with van der Waals surface area (Å²) >= 11 is 3.41. The van der Waals surface area contributed by atoms with Crippen LogP contribution in [0, 0.1) is 25.2 Å². The van der Waals surface area contributed by atoms with Gasteiger partial charge >= 0.3 is 0 Å². The largest absolute Gasteiger partial charge is 0.349 e. The third kappa shape index (κ3) is 4.61. The minimum Gasteiger partial charge on any atom is -0.349 e. The van der Waals surface area contributed by atoms with Crippen molar-refractivity contribution in [2.75, 3.05) is 0 Å². The summed E-state index contributed by atoms with van der Waals surface area (Å²) in [6.07, 6.45) is 1.57. The van der Waals surface area contributed by atoms with Crippen LogP contribution in [-0.4, -0.2) is 10.9 Å². The van der Waals surface area contributed by atoms with E-state index in [1.165, 1.54) is 0 Å². The number of hydrogen-bond donors (Lipinski definition) is 2. The molecule has 2 aromatic rings. The van der Waals surface area contributed by atoms with Crippen LogP contribution in [0.15, 0.2) is 33.5 Å². The van der Waals surface area contributed by atoms with Crippen molar-refractivity contribution in [2.45, 2.75) is 46.1 Å². The van der Waals surface area contributed by atoms with Gasteiger partial charge in [0.15, 0.2) is 0 Å². The molecule has 0 bridgehead atoms. The summed E-state index contributed by atoms with van der Waals surface area (Å²) in [5.74, 6) is -0.0525. The normalized spacial score (nSPS) is 11.7. The van der Waals surface area contributed by atoms with E-state index >= 15 is 0 Å². The van der Waals surface area contributed by atoms with Crippen molar-refractivity contribution in [3.05, 3.63) is 67.0 Å². The van der Waals surface area contributed by atoms with Gasteiger partial charge in [0, 0.05) is 16.6 Å². The van der Waals surface area contributed by atoms with Gasteiger partial charge in [-0.05, 0) is 55.5 Å². The standard InChI is InChI=1S/C20H22BrN3O2/c1-4-18(14-5-7-15(21)8-6-14)24-19(25)10-9-16-12(2)17(11-22)20(26)23-13(16)3/h5-8,18H,4,9-10H2,1-3H3,(H,23,26)(H,24,25). The molecule has 0 aliphatic rings. The SMILES string of the molecule is CCC(NC(=O)CCc1c(C)[nH]c(=O)c(C#N)c1C)c1ccc(Br)cc1. The number of carbonyl (C=O) groups is 1. The number of rotatable bonds is 6. The zero-order chi connectivity index (χ0) is 19.3. The second-order valence-electron chi connectivity index (χ2n) is 6.25. The third-order valence-electron chi connectivity index (χ3n) is 4.54. The van der Waals surface area contributed by atoms with E-state index in [4.69, 9.17) is 5.26 Å². The van der Waals surface area contributed by atoms with Crippen LogP contribution in [0.5, 0.6) is 0 Å². The van der Waals surface area contributed by atoms with Gasteiger partial charge in [0.2, 0.25) is 5.91 Å². The number of pyridine rings is 1. The predicted molar refractivity (Wildman–Crippen MR) is 105 cm³/mol. The van der Waals surface area contributed by atoms with E-state index in [2.05, 4.69) is 26.2 Å². The Morgan fingerprint density at radius 1 is 1.31 bits per heavy atom. The molecule has 0 radical (unpaired) electrons. The Morgan fingerprint density at radius 3 is 2.54 bits per heavy atom. The number of amides is 1.